The third kappa shape index (κ3) is 43.8. The number of allylic oxidation sites excluding steroid dienone is 3. The molecule has 0 aliphatic carbocycles. The van der Waals surface area contributed by atoms with E-state index < -0.39 is 12.1 Å². The normalized spacial score (nSPS) is 13.0. The lowest BCUT2D eigenvalue weighted by Gasteiger charge is -2.19. The zero-order valence-corrected chi connectivity index (χ0v) is 37.5. The van der Waals surface area contributed by atoms with Crippen molar-refractivity contribution in [3.05, 3.63) is 24.3 Å². The van der Waals surface area contributed by atoms with Gasteiger partial charge in [-0.05, 0) is 25.7 Å². The minimum absolute atomic E-state index is 0.0739. The summed E-state index contributed by atoms with van der Waals surface area (Å²) in [7, 11) is 0. The number of rotatable bonds is 46. The maximum Gasteiger partial charge on any atom is 0.220 e. The molecule has 2 unspecified atom stereocenters. The standard InChI is InChI=1S/C51H99NO3/c1-3-5-7-9-11-12-13-14-15-16-17-18-19-20-21-22-23-24-25-26-27-28-29-30-31-32-33-34-35-36-37-38-39-41-43-45-47-51(55)52-49(48-53)50(54)46-44-42-40-10-8-6-4-2/h8,10,44,46,49-50,53-54H,3-7,9,11-43,45,47-48H2,1-2H3,(H,52,55)/b10-8+,46-44+. The molecule has 0 saturated carbocycles. The second-order valence-corrected chi connectivity index (χ2v) is 17.2. The Labute approximate surface area is 345 Å². The van der Waals surface area contributed by atoms with Crippen molar-refractivity contribution in [2.45, 2.75) is 289 Å². The van der Waals surface area contributed by atoms with Crippen LogP contribution in [0.3, 0.4) is 0 Å². The summed E-state index contributed by atoms with van der Waals surface area (Å²) < 4.78 is 0. The predicted molar refractivity (Wildman–Crippen MR) is 244 cm³/mol. The molecular formula is C51H99NO3. The van der Waals surface area contributed by atoms with E-state index in [0.717, 1.165) is 38.5 Å². The van der Waals surface area contributed by atoms with Crippen LogP contribution in [0.1, 0.15) is 277 Å². The second kappa shape index (κ2) is 47.2. The highest BCUT2D eigenvalue weighted by molar-refractivity contribution is 5.76. The van der Waals surface area contributed by atoms with Gasteiger partial charge in [0.05, 0.1) is 18.8 Å². The smallest absolute Gasteiger partial charge is 0.220 e. The summed E-state index contributed by atoms with van der Waals surface area (Å²) in [6, 6.07) is -0.632. The van der Waals surface area contributed by atoms with Gasteiger partial charge in [0.1, 0.15) is 0 Å². The maximum atomic E-state index is 12.3. The Kier molecular flexibility index (Phi) is 46.3. The summed E-state index contributed by atoms with van der Waals surface area (Å²) >= 11 is 0. The summed E-state index contributed by atoms with van der Waals surface area (Å²) in [5, 5.41) is 22.8. The van der Waals surface area contributed by atoms with Gasteiger partial charge in [0.2, 0.25) is 5.91 Å². The van der Waals surface area contributed by atoms with E-state index in [-0.39, 0.29) is 12.5 Å². The van der Waals surface area contributed by atoms with Crippen LogP contribution in [0.4, 0.5) is 0 Å². The van der Waals surface area contributed by atoms with Crippen molar-refractivity contribution in [1.82, 2.24) is 5.32 Å². The first-order valence-corrected chi connectivity index (χ1v) is 25.1. The lowest BCUT2D eigenvalue weighted by Crippen LogP contribution is -2.45. The van der Waals surface area contributed by atoms with E-state index in [2.05, 4.69) is 31.3 Å². The third-order valence-corrected chi connectivity index (χ3v) is 11.7. The molecular weight excluding hydrogens is 675 g/mol. The molecule has 0 heterocycles. The Balaban J connectivity index is 3.30. The van der Waals surface area contributed by atoms with E-state index in [1.54, 1.807) is 6.08 Å². The van der Waals surface area contributed by atoms with Gasteiger partial charge in [0.25, 0.3) is 0 Å². The Morgan fingerprint density at radius 3 is 1.02 bits per heavy atom. The Morgan fingerprint density at radius 1 is 0.418 bits per heavy atom. The van der Waals surface area contributed by atoms with Gasteiger partial charge in [-0.15, -0.1) is 0 Å². The van der Waals surface area contributed by atoms with Gasteiger partial charge in [-0.1, -0.05) is 269 Å². The first-order chi connectivity index (χ1) is 27.2. The number of aliphatic hydroxyl groups is 2. The highest BCUT2D eigenvalue weighted by Crippen LogP contribution is 2.17. The minimum Gasteiger partial charge on any atom is -0.394 e. The van der Waals surface area contributed by atoms with Crippen LogP contribution in [0.5, 0.6) is 0 Å². The number of nitrogens with one attached hydrogen (secondary N) is 1. The molecule has 0 aromatic carbocycles. The molecule has 55 heavy (non-hydrogen) atoms. The number of carbonyl (C=O) groups excluding carboxylic acids is 1. The second-order valence-electron chi connectivity index (χ2n) is 17.2. The highest BCUT2D eigenvalue weighted by atomic mass is 16.3. The molecule has 326 valence electrons. The van der Waals surface area contributed by atoms with Crippen molar-refractivity contribution >= 4 is 5.91 Å². The maximum absolute atomic E-state index is 12.3. The van der Waals surface area contributed by atoms with Crippen molar-refractivity contribution in [2.24, 2.45) is 0 Å². The number of amides is 1. The molecule has 0 aromatic rings. The molecule has 4 nitrogen and oxygen atoms in total. The molecule has 0 radical (unpaired) electrons. The molecule has 4 heteroatoms. The fraction of sp³-hybridized carbons (Fsp3) is 0.902. The van der Waals surface area contributed by atoms with Gasteiger partial charge in [0.15, 0.2) is 0 Å². The molecule has 3 N–H and O–H groups in total. The van der Waals surface area contributed by atoms with Crippen LogP contribution in [0.25, 0.3) is 0 Å². The van der Waals surface area contributed by atoms with Crippen LogP contribution in [-0.2, 0) is 4.79 Å². The number of unbranched alkanes of at least 4 members (excludes halogenated alkanes) is 37. The van der Waals surface area contributed by atoms with Gasteiger partial charge in [-0.25, -0.2) is 0 Å². The van der Waals surface area contributed by atoms with E-state index in [1.807, 2.05) is 6.08 Å². The first-order valence-electron chi connectivity index (χ1n) is 25.1. The fourth-order valence-corrected chi connectivity index (χ4v) is 7.85. The number of hydrogen-bond acceptors (Lipinski definition) is 3. The molecule has 0 aliphatic heterocycles. The summed E-state index contributed by atoms with van der Waals surface area (Å²) in [4.78, 5) is 12.3. The molecule has 0 rings (SSSR count). The van der Waals surface area contributed by atoms with E-state index in [0.29, 0.717) is 6.42 Å². The van der Waals surface area contributed by atoms with Crippen LogP contribution in [0.15, 0.2) is 24.3 Å². The van der Waals surface area contributed by atoms with E-state index in [4.69, 9.17) is 0 Å². The molecule has 0 aliphatic rings. The summed E-state index contributed by atoms with van der Waals surface area (Å²) in [6.45, 7) is 4.21. The monoisotopic (exact) mass is 774 g/mol. The van der Waals surface area contributed by atoms with Crippen LogP contribution in [0.2, 0.25) is 0 Å². The van der Waals surface area contributed by atoms with Crippen LogP contribution in [-0.4, -0.2) is 34.9 Å². The van der Waals surface area contributed by atoms with Gasteiger partial charge >= 0.3 is 0 Å². The van der Waals surface area contributed by atoms with Crippen molar-refractivity contribution in [3.8, 4) is 0 Å². The van der Waals surface area contributed by atoms with Crippen molar-refractivity contribution in [2.75, 3.05) is 6.61 Å². The largest absolute Gasteiger partial charge is 0.394 e. The van der Waals surface area contributed by atoms with Crippen molar-refractivity contribution in [3.63, 3.8) is 0 Å². The van der Waals surface area contributed by atoms with E-state index in [9.17, 15) is 15.0 Å². The van der Waals surface area contributed by atoms with E-state index in [1.165, 1.54) is 218 Å². The average Bonchev–Trinajstić information content (AvgIpc) is 3.19. The molecule has 0 saturated heterocycles. The van der Waals surface area contributed by atoms with Gasteiger partial charge in [0, 0.05) is 6.42 Å². The zero-order chi connectivity index (χ0) is 40.0. The van der Waals surface area contributed by atoms with Gasteiger partial charge in [-0.3, -0.25) is 4.79 Å². The molecule has 0 fully saturated rings. The number of aliphatic hydroxyl groups excluding tert-OH is 2. The zero-order valence-electron chi connectivity index (χ0n) is 37.5. The average molecular weight is 774 g/mol. The number of hydrogen-bond donors (Lipinski definition) is 3. The molecule has 0 spiro atoms. The Morgan fingerprint density at radius 2 is 0.709 bits per heavy atom. The van der Waals surface area contributed by atoms with Crippen LogP contribution >= 0.6 is 0 Å². The molecule has 1 amide bonds. The lowest BCUT2D eigenvalue weighted by atomic mass is 10.0. The Bertz CT molecular complexity index is 795. The quantitative estimate of drug-likeness (QED) is 0.0426. The fourth-order valence-electron chi connectivity index (χ4n) is 7.85. The first kappa shape index (κ1) is 53.9. The van der Waals surface area contributed by atoms with Crippen molar-refractivity contribution < 1.29 is 15.0 Å². The minimum atomic E-state index is -0.855. The van der Waals surface area contributed by atoms with Crippen molar-refractivity contribution in [1.29, 1.82) is 0 Å². The highest BCUT2D eigenvalue weighted by Gasteiger charge is 2.17. The summed E-state index contributed by atoms with van der Waals surface area (Å²) in [5.74, 6) is -0.0739. The molecule has 0 bridgehead atoms. The van der Waals surface area contributed by atoms with Gasteiger partial charge < -0.3 is 15.5 Å². The van der Waals surface area contributed by atoms with Gasteiger partial charge in [-0.2, -0.15) is 0 Å². The van der Waals surface area contributed by atoms with Crippen LogP contribution in [0, 0.1) is 0 Å². The summed E-state index contributed by atoms with van der Waals surface area (Å²) in [5.41, 5.74) is 0. The van der Waals surface area contributed by atoms with E-state index >= 15 is 0 Å². The third-order valence-electron chi connectivity index (χ3n) is 11.7. The Hall–Kier alpha value is -1.13. The predicted octanol–water partition coefficient (Wildman–Crippen LogP) is 16.0. The number of carbonyl (C=O) groups is 1. The SMILES string of the molecule is CCC/C=C/CC/C=C/C(O)C(CO)NC(=O)CCCCCCCCCCCCCCCCCCCCCCCCCCCCCCCCCCCCCC. The molecule has 2 atom stereocenters. The topological polar surface area (TPSA) is 69.6 Å². The molecule has 0 aromatic heterocycles. The lowest BCUT2D eigenvalue weighted by molar-refractivity contribution is -0.123. The summed E-state index contributed by atoms with van der Waals surface area (Å²) in [6.07, 6.45) is 62.3. The van der Waals surface area contributed by atoms with Crippen LogP contribution < -0.4 is 5.32 Å².